The number of carbonyl (C=O) groups is 1. The third kappa shape index (κ3) is 5.51. The van der Waals surface area contributed by atoms with Gasteiger partial charge in [0.25, 0.3) is 5.91 Å². The lowest BCUT2D eigenvalue weighted by Gasteiger charge is -2.17. The maximum Gasteiger partial charge on any atom is 0.262 e. The molecule has 0 aliphatic rings. The summed E-state index contributed by atoms with van der Waals surface area (Å²) >= 11 is 0. The van der Waals surface area contributed by atoms with Gasteiger partial charge in [0.05, 0.1) is 12.5 Å². The lowest BCUT2D eigenvalue weighted by molar-refractivity contribution is -0.117. The highest BCUT2D eigenvalue weighted by molar-refractivity contribution is 6.01. The van der Waals surface area contributed by atoms with Crippen LogP contribution in [0.5, 0.6) is 0 Å². The van der Waals surface area contributed by atoms with E-state index in [0.29, 0.717) is 19.5 Å². The van der Waals surface area contributed by atoms with E-state index in [-0.39, 0.29) is 5.57 Å². The Kier molecular flexibility index (Phi) is 6.97. The molecule has 2 aromatic carbocycles. The predicted octanol–water partition coefficient (Wildman–Crippen LogP) is 3.26. The van der Waals surface area contributed by atoms with Crippen LogP contribution in [0, 0.1) is 22.7 Å². The summed E-state index contributed by atoms with van der Waals surface area (Å²) < 4.78 is 0. The van der Waals surface area contributed by atoms with Crippen molar-refractivity contribution in [3.63, 3.8) is 0 Å². The minimum Gasteiger partial charge on any atom is -0.374 e. The van der Waals surface area contributed by atoms with Gasteiger partial charge in [0, 0.05) is 25.8 Å². The van der Waals surface area contributed by atoms with Crippen molar-refractivity contribution in [1.29, 1.82) is 10.5 Å². The summed E-state index contributed by atoms with van der Waals surface area (Å²) in [6, 6.07) is 21.1. The fourth-order valence-electron chi connectivity index (χ4n) is 2.36. The highest BCUT2D eigenvalue weighted by Gasteiger charge is 2.09. The normalized spacial score (nSPS) is 10.5. The Hall–Kier alpha value is -3.57. The number of nitrogens with one attached hydrogen (secondary N) is 1. The number of rotatable bonds is 7. The lowest BCUT2D eigenvalue weighted by Crippen LogP contribution is -2.23. The van der Waals surface area contributed by atoms with E-state index in [1.165, 1.54) is 0 Å². The summed E-state index contributed by atoms with van der Waals surface area (Å²) in [5.41, 5.74) is 2.78. The molecule has 5 heteroatoms. The number of nitriles is 2. The van der Waals surface area contributed by atoms with Crippen LogP contribution in [0.2, 0.25) is 0 Å². The van der Waals surface area contributed by atoms with Crippen molar-refractivity contribution >= 4 is 17.7 Å². The molecule has 0 bridgehead atoms. The molecule has 26 heavy (non-hydrogen) atoms. The topological polar surface area (TPSA) is 79.9 Å². The van der Waals surface area contributed by atoms with Crippen LogP contribution >= 0.6 is 0 Å². The smallest absolute Gasteiger partial charge is 0.262 e. The summed E-state index contributed by atoms with van der Waals surface area (Å²) in [4.78, 5) is 14.2. The molecule has 0 aliphatic carbocycles. The highest BCUT2D eigenvalue weighted by atomic mass is 16.1. The van der Waals surface area contributed by atoms with Gasteiger partial charge in [-0.3, -0.25) is 4.79 Å². The summed E-state index contributed by atoms with van der Waals surface area (Å²) in [6.45, 7) is 1.03. The van der Waals surface area contributed by atoms with Gasteiger partial charge >= 0.3 is 0 Å². The van der Waals surface area contributed by atoms with Crippen LogP contribution in [0.4, 0.5) is 5.69 Å². The summed E-state index contributed by atoms with van der Waals surface area (Å²) in [7, 11) is 1.92. The Labute approximate surface area is 153 Å². The highest BCUT2D eigenvalue weighted by Crippen LogP contribution is 2.16. The average Bonchev–Trinajstić information content (AvgIpc) is 2.69. The number of anilines is 1. The molecular weight excluding hydrogens is 324 g/mol. The van der Waals surface area contributed by atoms with Gasteiger partial charge in [-0.1, -0.05) is 42.5 Å². The van der Waals surface area contributed by atoms with Crippen molar-refractivity contribution in [3.8, 4) is 12.1 Å². The number of carbonyl (C=O) groups excluding carboxylic acids is 1. The Morgan fingerprint density at radius 1 is 1.12 bits per heavy atom. The minimum absolute atomic E-state index is 0.0616. The van der Waals surface area contributed by atoms with Crippen LogP contribution < -0.4 is 10.2 Å². The molecule has 0 spiro atoms. The second-order valence-electron chi connectivity index (χ2n) is 5.76. The van der Waals surface area contributed by atoms with Crippen molar-refractivity contribution in [3.05, 3.63) is 71.3 Å². The van der Waals surface area contributed by atoms with Crippen LogP contribution in [0.3, 0.4) is 0 Å². The monoisotopic (exact) mass is 344 g/mol. The Morgan fingerprint density at radius 3 is 2.42 bits per heavy atom. The number of hydrogen-bond acceptors (Lipinski definition) is 4. The molecule has 0 saturated heterocycles. The van der Waals surface area contributed by atoms with E-state index in [1.54, 1.807) is 6.08 Å². The fourth-order valence-corrected chi connectivity index (χ4v) is 2.36. The lowest BCUT2D eigenvalue weighted by atomic mass is 10.1. The van der Waals surface area contributed by atoms with Gasteiger partial charge in [-0.05, 0) is 29.3 Å². The van der Waals surface area contributed by atoms with Gasteiger partial charge in [0.1, 0.15) is 11.6 Å². The standard InChI is InChI=1S/C21H20N4O/c1-25(13-5-12-22)20-10-8-17(9-11-20)14-19(15-23)21(26)24-16-18-6-3-2-4-7-18/h2-4,6-11,14H,5,13,16H2,1H3,(H,24,26)/b19-14+. The van der Waals surface area contributed by atoms with Crippen LogP contribution in [-0.4, -0.2) is 19.5 Å². The first-order chi connectivity index (χ1) is 12.6. The van der Waals surface area contributed by atoms with E-state index < -0.39 is 5.91 Å². The molecule has 0 aromatic heterocycles. The number of amides is 1. The molecule has 0 unspecified atom stereocenters. The molecule has 0 radical (unpaired) electrons. The molecule has 5 nitrogen and oxygen atoms in total. The van der Waals surface area contributed by atoms with Crippen LogP contribution in [-0.2, 0) is 11.3 Å². The average molecular weight is 344 g/mol. The molecule has 130 valence electrons. The van der Waals surface area contributed by atoms with E-state index in [0.717, 1.165) is 16.8 Å². The fraction of sp³-hybridized carbons (Fsp3) is 0.190. The van der Waals surface area contributed by atoms with Gasteiger partial charge in [-0.15, -0.1) is 0 Å². The molecule has 2 rings (SSSR count). The zero-order chi connectivity index (χ0) is 18.8. The zero-order valence-corrected chi connectivity index (χ0v) is 14.6. The van der Waals surface area contributed by atoms with E-state index in [1.807, 2.05) is 72.6 Å². The first-order valence-corrected chi connectivity index (χ1v) is 8.26. The van der Waals surface area contributed by atoms with Gasteiger partial charge in [-0.25, -0.2) is 0 Å². The molecule has 0 aliphatic heterocycles. The molecule has 0 fully saturated rings. The maximum atomic E-state index is 12.2. The van der Waals surface area contributed by atoms with Gasteiger partial charge in [0.15, 0.2) is 0 Å². The van der Waals surface area contributed by atoms with Crippen molar-refractivity contribution < 1.29 is 4.79 Å². The molecule has 1 amide bonds. The van der Waals surface area contributed by atoms with Gasteiger partial charge < -0.3 is 10.2 Å². The third-order valence-electron chi connectivity index (χ3n) is 3.86. The maximum absolute atomic E-state index is 12.2. The largest absolute Gasteiger partial charge is 0.374 e. The molecule has 0 saturated carbocycles. The van der Waals surface area contributed by atoms with E-state index in [9.17, 15) is 10.1 Å². The molecule has 2 aromatic rings. The number of nitrogens with zero attached hydrogens (tertiary/aromatic N) is 3. The summed E-state index contributed by atoms with van der Waals surface area (Å²) in [6.07, 6.45) is 2.03. The molecule has 1 N–H and O–H groups in total. The van der Waals surface area contributed by atoms with E-state index in [2.05, 4.69) is 11.4 Å². The van der Waals surface area contributed by atoms with E-state index >= 15 is 0 Å². The van der Waals surface area contributed by atoms with Crippen molar-refractivity contribution in [2.45, 2.75) is 13.0 Å². The Balaban J connectivity index is 2.02. The van der Waals surface area contributed by atoms with Crippen LogP contribution in [0.25, 0.3) is 6.08 Å². The first kappa shape index (κ1) is 18.8. The summed E-state index contributed by atoms with van der Waals surface area (Å²) in [5.74, 6) is -0.397. The first-order valence-electron chi connectivity index (χ1n) is 8.26. The number of hydrogen-bond donors (Lipinski definition) is 1. The van der Waals surface area contributed by atoms with Gasteiger partial charge in [0.2, 0.25) is 0 Å². The minimum atomic E-state index is -0.397. The zero-order valence-electron chi connectivity index (χ0n) is 14.6. The molecular formula is C21H20N4O. The second kappa shape index (κ2) is 9.66. The third-order valence-corrected chi connectivity index (χ3v) is 3.86. The van der Waals surface area contributed by atoms with Crippen molar-refractivity contribution in [2.75, 3.05) is 18.5 Å². The number of benzene rings is 2. The van der Waals surface area contributed by atoms with Gasteiger partial charge in [-0.2, -0.15) is 10.5 Å². The molecule has 0 heterocycles. The SMILES string of the molecule is CN(CCC#N)c1ccc(/C=C(\C#N)C(=O)NCc2ccccc2)cc1. The Morgan fingerprint density at radius 2 is 1.81 bits per heavy atom. The van der Waals surface area contributed by atoms with Crippen LogP contribution in [0.1, 0.15) is 17.5 Å². The van der Waals surface area contributed by atoms with Crippen molar-refractivity contribution in [1.82, 2.24) is 5.32 Å². The van der Waals surface area contributed by atoms with E-state index in [4.69, 9.17) is 5.26 Å². The molecule has 0 atom stereocenters. The quantitative estimate of drug-likeness (QED) is 0.617. The Bertz CT molecular complexity index is 842. The van der Waals surface area contributed by atoms with Crippen LogP contribution in [0.15, 0.2) is 60.2 Å². The second-order valence-corrected chi connectivity index (χ2v) is 5.76. The summed E-state index contributed by atoms with van der Waals surface area (Å²) in [5, 5.41) is 20.7. The van der Waals surface area contributed by atoms with Crippen molar-refractivity contribution in [2.24, 2.45) is 0 Å². The predicted molar refractivity (Wildman–Crippen MR) is 102 cm³/mol.